The summed E-state index contributed by atoms with van der Waals surface area (Å²) in [6, 6.07) is 11.8. The Morgan fingerprint density at radius 3 is 2.27 bits per heavy atom. The first-order valence-electron chi connectivity index (χ1n) is 10.2. The van der Waals surface area contributed by atoms with Crippen molar-refractivity contribution >= 4 is 5.57 Å². The van der Waals surface area contributed by atoms with Gasteiger partial charge in [-0.15, -0.1) is 0 Å². The fourth-order valence-corrected chi connectivity index (χ4v) is 3.97. The molecule has 1 aliphatic carbocycles. The first kappa shape index (κ1) is 20.4. The third-order valence-electron chi connectivity index (χ3n) is 5.67. The van der Waals surface area contributed by atoms with Crippen LogP contribution >= 0.6 is 0 Å². The quantitative estimate of drug-likeness (QED) is 0.384. The number of unbranched alkanes of at least 4 members (excludes halogenated alkanes) is 1. The largest absolute Gasteiger partial charge is 0.206 e. The van der Waals surface area contributed by atoms with Crippen molar-refractivity contribution in [3.05, 3.63) is 100 Å². The zero-order chi connectivity index (χ0) is 21.3. The van der Waals surface area contributed by atoms with E-state index >= 15 is 0 Å². The standard InChI is InChI=1S/C26H22F4/c1-2-3-4-16-5-9-21(24(28)11-16)18-7-6-17-13-22(25(29)15-20(17)12-18)19-8-10-23(27)26(30)14-19/h5,7-11,13-15H,2-4,6,12H2,1H3. The summed E-state index contributed by atoms with van der Waals surface area (Å²) in [5.41, 5.74) is 4.57. The molecule has 154 valence electrons. The molecule has 0 nitrogen and oxygen atoms in total. The average Bonchev–Trinajstić information content (AvgIpc) is 2.73. The van der Waals surface area contributed by atoms with Crippen LogP contribution in [0.25, 0.3) is 16.7 Å². The third kappa shape index (κ3) is 4.04. The first-order chi connectivity index (χ1) is 14.5. The van der Waals surface area contributed by atoms with Gasteiger partial charge in [0.25, 0.3) is 0 Å². The lowest BCUT2D eigenvalue weighted by molar-refractivity contribution is 0.509. The number of fused-ring (bicyclic) bond motifs is 1. The summed E-state index contributed by atoms with van der Waals surface area (Å²) in [6.07, 6.45) is 5.85. The van der Waals surface area contributed by atoms with Crippen LogP contribution < -0.4 is 0 Å². The number of hydrogen-bond acceptors (Lipinski definition) is 0. The zero-order valence-electron chi connectivity index (χ0n) is 16.7. The predicted molar refractivity (Wildman–Crippen MR) is 112 cm³/mol. The van der Waals surface area contributed by atoms with Gasteiger partial charge in [0.1, 0.15) is 11.6 Å². The molecule has 0 spiro atoms. The summed E-state index contributed by atoms with van der Waals surface area (Å²) in [7, 11) is 0. The first-order valence-corrected chi connectivity index (χ1v) is 10.2. The third-order valence-corrected chi connectivity index (χ3v) is 5.67. The molecule has 30 heavy (non-hydrogen) atoms. The van der Waals surface area contributed by atoms with E-state index in [1.807, 2.05) is 18.2 Å². The average molecular weight is 410 g/mol. The van der Waals surface area contributed by atoms with Crippen LogP contribution in [0.3, 0.4) is 0 Å². The van der Waals surface area contributed by atoms with E-state index in [1.54, 1.807) is 12.1 Å². The van der Waals surface area contributed by atoms with Crippen LogP contribution in [0.4, 0.5) is 17.6 Å². The summed E-state index contributed by atoms with van der Waals surface area (Å²) >= 11 is 0. The van der Waals surface area contributed by atoms with Gasteiger partial charge in [-0.05, 0) is 83.8 Å². The molecule has 0 fully saturated rings. The van der Waals surface area contributed by atoms with E-state index in [4.69, 9.17) is 0 Å². The molecule has 0 bridgehead atoms. The van der Waals surface area contributed by atoms with Crippen LogP contribution in [0, 0.1) is 23.3 Å². The lowest BCUT2D eigenvalue weighted by Gasteiger charge is -2.20. The maximum Gasteiger partial charge on any atom is 0.159 e. The van der Waals surface area contributed by atoms with E-state index in [2.05, 4.69) is 6.92 Å². The van der Waals surface area contributed by atoms with Crippen LogP contribution in [0.1, 0.15) is 42.0 Å². The number of allylic oxidation sites excluding steroid dienone is 2. The highest BCUT2D eigenvalue weighted by atomic mass is 19.2. The maximum atomic E-state index is 14.8. The Bertz CT molecular complexity index is 1130. The summed E-state index contributed by atoms with van der Waals surface area (Å²) in [6.45, 7) is 2.10. The molecule has 0 atom stereocenters. The highest BCUT2D eigenvalue weighted by Crippen LogP contribution is 2.34. The molecular weight excluding hydrogens is 388 g/mol. The molecule has 3 aromatic rings. The SMILES string of the molecule is CCCCc1ccc(C2=CCc3cc(-c4ccc(F)c(F)c4)c(F)cc3C2)c(F)c1. The molecule has 0 unspecified atom stereocenters. The van der Waals surface area contributed by atoms with Crippen LogP contribution in [0.15, 0.2) is 54.6 Å². The highest BCUT2D eigenvalue weighted by molar-refractivity contribution is 5.73. The Morgan fingerprint density at radius 1 is 0.733 bits per heavy atom. The van der Waals surface area contributed by atoms with Gasteiger partial charge in [-0.25, -0.2) is 17.6 Å². The van der Waals surface area contributed by atoms with E-state index in [0.717, 1.165) is 53.7 Å². The highest BCUT2D eigenvalue weighted by Gasteiger charge is 2.19. The number of rotatable bonds is 5. The van der Waals surface area contributed by atoms with Crippen molar-refractivity contribution in [2.75, 3.05) is 0 Å². The Balaban J connectivity index is 1.62. The molecular formula is C26H22F4. The van der Waals surface area contributed by atoms with E-state index in [9.17, 15) is 17.6 Å². The molecule has 1 aliphatic rings. The van der Waals surface area contributed by atoms with E-state index in [1.165, 1.54) is 12.1 Å². The molecule has 0 saturated carbocycles. The van der Waals surface area contributed by atoms with Gasteiger partial charge in [0.15, 0.2) is 11.6 Å². The number of aryl methyl sites for hydroxylation is 1. The summed E-state index contributed by atoms with van der Waals surface area (Å²) in [5.74, 6) is -2.73. The van der Waals surface area contributed by atoms with Crippen LogP contribution in [0.2, 0.25) is 0 Å². The molecule has 4 heteroatoms. The van der Waals surface area contributed by atoms with Crippen molar-refractivity contribution in [1.82, 2.24) is 0 Å². The van der Waals surface area contributed by atoms with Gasteiger partial charge in [0, 0.05) is 11.1 Å². The second-order valence-electron chi connectivity index (χ2n) is 7.76. The van der Waals surface area contributed by atoms with Crippen molar-refractivity contribution in [1.29, 1.82) is 0 Å². The molecule has 0 amide bonds. The van der Waals surface area contributed by atoms with Gasteiger partial charge >= 0.3 is 0 Å². The molecule has 4 rings (SSSR count). The van der Waals surface area contributed by atoms with Crippen LogP contribution in [-0.4, -0.2) is 0 Å². The Labute approximate surface area is 173 Å². The van der Waals surface area contributed by atoms with Crippen molar-refractivity contribution in [2.45, 2.75) is 39.0 Å². The van der Waals surface area contributed by atoms with Gasteiger partial charge in [-0.3, -0.25) is 0 Å². The summed E-state index contributed by atoms with van der Waals surface area (Å²) < 4.78 is 56.2. The fourth-order valence-electron chi connectivity index (χ4n) is 3.97. The second kappa shape index (κ2) is 8.47. The summed E-state index contributed by atoms with van der Waals surface area (Å²) in [4.78, 5) is 0. The van der Waals surface area contributed by atoms with Crippen LogP contribution in [0.5, 0.6) is 0 Å². The zero-order valence-corrected chi connectivity index (χ0v) is 16.7. The van der Waals surface area contributed by atoms with Gasteiger partial charge in [-0.1, -0.05) is 37.6 Å². The van der Waals surface area contributed by atoms with Crippen LogP contribution in [-0.2, 0) is 19.3 Å². The maximum absolute atomic E-state index is 14.8. The van der Waals surface area contributed by atoms with E-state index in [0.29, 0.717) is 18.4 Å². The lowest BCUT2D eigenvalue weighted by atomic mass is 9.85. The molecule has 0 heterocycles. The minimum absolute atomic E-state index is 0.232. The minimum Gasteiger partial charge on any atom is -0.206 e. The number of hydrogen-bond donors (Lipinski definition) is 0. The molecule has 0 aromatic heterocycles. The predicted octanol–water partition coefficient (Wildman–Crippen LogP) is 7.43. The van der Waals surface area contributed by atoms with Crippen molar-refractivity contribution in [3.8, 4) is 11.1 Å². The smallest absolute Gasteiger partial charge is 0.159 e. The summed E-state index contributed by atoms with van der Waals surface area (Å²) in [5, 5.41) is 0. The topological polar surface area (TPSA) is 0 Å². The van der Waals surface area contributed by atoms with Crippen molar-refractivity contribution in [2.24, 2.45) is 0 Å². The Kier molecular flexibility index (Phi) is 5.76. The second-order valence-corrected chi connectivity index (χ2v) is 7.76. The van der Waals surface area contributed by atoms with E-state index < -0.39 is 17.5 Å². The molecule has 0 N–H and O–H groups in total. The molecule has 0 saturated heterocycles. The molecule has 0 radical (unpaired) electrons. The monoisotopic (exact) mass is 410 g/mol. The van der Waals surface area contributed by atoms with E-state index in [-0.39, 0.29) is 16.9 Å². The number of halogens is 4. The Morgan fingerprint density at radius 2 is 1.53 bits per heavy atom. The number of benzene rings is 3. The fraction of sp³-hybridized carbons (Fsp3) is 0.231. The molecule has 3 aromatic carbocycles. The van der Waals surface area contributed by atoms with Gasteiger partial charge in [0.05, 0.1) is 0 Å². The molecule has 0 aliphatic heterocycles. The minimum atomic E-state index is -1.01. The van der Waals surface area contributed by atoms with Crippen molar-refractivity contribution in [3.63, 3.8) is 0 Å². The van der Waals surface area contributed by atoms with Gasteiger partial charge < -0.3 is 0 Å². The van der Waals surface area contributed by atoms with Gasteiger partial charge in [-0.2, -0.15) is 0 Å². The van der Waals surface area contributed by atoms with Crippen molar-refractivity contribution < 1.29 is 17.6 Å². The van der Waals surface area contributed by atoms with Gasteiger partial charge in [0.2, 0.25) is 0 Å². The Hall–Kier alpha value is -2.88. The lowest BCUT2D eigenvalue weighted by Crippen LogP contribution is -2.06. The normalized spacial score (nSPS) is 13.2.